The molecule has 1 aromatic heterocycles. The van der Waals surface area contributed by atoms with Gasteiger partial charge in [-0.1, -0.05) is 6.92 Å². The Bertz CT molecular complexity index is 250. The molecule has 1 nitrogen and oxygen atoms in total. The van der Waals surface area contributed by atoms with Crippen molar-refractivity contribution in [2.24, 2.45) is 5.73 Å². The Morgan fingerprint density at radius 2 is 2.38 bits per heavy atom. The fourth-order valence-corrected chi connectivity index (χ4v) is 3.28. The molecule has 0 spiro atoms. The fourth-order valence-electron chi connectivity index (χ4n) is 1.05. The molecule has 0 aliphatic heterocycles. The van der Waals surface area contributed by atoms with Crippen molar-refractivity contribution in [2.45, 2.75) is 19.4 Å². The lowest BCUT2D eigenvalue weighted by molar-refractivity contribution is 0.757. The number of hydrogen-bond acceptors (Lipinski definition) is 3. The number of thioether (sulfide) groups is 1. The molecule has 13 heavy (non-hydrogen) atoms. The van der Waals surface area contributed by atoms with Crippen LogP contribution in [0, 0.1) is 0 Å². The van der Waals surface area contributed by atoms with Crippen LogP contribution in [0.25, 0.3) is 0 Å². The number of hydrogen-bond donors (Lipinski definition) is 1. The first-order valence-corrected chi connectivity index (χ1v) is 7.06. The zero-order valence-electron chi connectivity index (χ0n) is 7.63. The van der Waals surface area contributed by atoms with Gasteiger partial charge in [0.1, 0.15) is 0 Å². The van der Waals surface area contributed by atoms with Crippen molar-refractivity contribution in [1.82, 2.24) is 0 Å². The number of nitrogens with two attached hydrogens (primary N) is 1. The third kappa shape index (κ3) is 4.49. The standard InChI is InChI=1S/C9H14BrNS2/c1-2-12-6-7(11)5-8-3-4-9(10)13-8/h3-4,7H,2,5-6,11H2,1H3. The molecule has 0 aliphatic rings. The van der Waals surface area contributed by atoms with Crippen LogP contribution >= 0.6 is 39.0 Å². The van der Waals surface area contributed by atoms with Crippen LogP contribution in [0.1, 0.15) is 11.8 Å². The Balaban J connectivity index is 2.31. The minimum atomic E-state index is 0.301. The van der Waals surface area contributed by atoms with Gasteiger partial charge in [0.2, 0.25) is 0 Å². The summed E-state index contributed by atoms with van der Waals surface area (Å²) >= 11 is 7.13. The van der Waals surface area contributed by atoms with Gasteiger partial charge in [0.25, 0.3) is 0 Å². The predicted octanol–water partition coefficient (Wildman–Crippen LogP) is 3.13. The minimum Gasteiger partial charge on any atom is -0.327 e. The number of thiophene rings is 1. The molecule has 0 bridgehead atoms. The van der Waals surface area contributed by atoms with Crippen LogP contribution in [0.15, 0.2) is 15.9 Å². The molecule has 74 valence electrons. The minimum absolute atomic E-state index is 0.301. The van der Waals surface area contributed by atoms with Crippen molar-refractivity contribution in [3.8, 4) is 0 Å². The maximum Gasteiger partial charge on any atom is 0.0701 e. The van der Waals surface area contributed by atoms with Gasteiger partial charge in [-0.2, -0.15) is 11.8 Å². The van der Waals surface area contributed by atoms with Crippen LogP contribution < -0.4 is 5.73 Å². The summed E-state index contributed by atoms with van der Waals surface area (Å²) in [6.07, 6.45) is 1.00. The summed E-state index contributed by atoms with van der Waals surface area (Å²) in [4.78, 5) is 1.37. The Labute approximate surface area is 96.2 Å². The van der Waals surface area contributed by atoms with Gasteiger partial charge >= 0.3 is 0 Å². The lowest BCUT2D eigenvalue weighted by atomic mass is 10.2. The summed E-state index contributed by atoms with van der Waals surface area (Å²) in [5.41, 5.74) is 5.97. The topological polar surface area (TPSA) is 26.0 Å². The van der Waals surface area contributed by atoms with Crippen molar-refractivity contribution in [3.63, 3.8) is 0 Å². The van der Waals surface area contributed by atoms with Gasteiger partial charge in [-0.25, -0.2) is 0 Å². The molecule has 0 fully saturated rings. The highest BCUT2D eigenvalue weighted by Gasteiger charge is 2.05. The van der Waals surface area contributed by atoms with Crippen LogP contribution in [0.2, 0.25) is 0 Å². The van der Waals surface area contributed by atoms with E-state index in [0.717, 1.165) is 17.9 Å². The Hall–Kier alpha value is 0.490. The van der Waals surface area contributed by atoms with E-state index in [1.165, 1.54) is 8.66 Å². The normalized spacial score (nSPS) is 13.2. The molecular formula is C9H14BrNS2. The maximum atomic E-state index is 5.97. The van der Waals surface area contributed by atoms with Gasteiger partial charge in [-0.15, -0.1) is 11.3 Å². The second kappa shape index (κ2) is 6.06. The molecule has 1 rings (SSSR count). The monoisotopic (exact) mass is 279 g/mol. The zero-order chi connectivity index (χ0) is 9.68. The summed E-state index contributed by atoms with van der Waals surface area (Å²) < 4.78 is 1.19. The molecule has 0 amide bonds. The lowest BCUT2D eigenvalue weighted by Gasteiger charge is -2.08. The van der Waals surface area contributed by atoms with Gasteiger partial charge in [0.05, 0.1) is 3.79 Å². The van der Waals surface area contributed by atoms with E-state index in [1.807, 2.05) is 11.8 Å². The van der Waals surface area contributed by atoms with Crippen LogP contribution in [-0.2, 0) is 6.42 Å². The van der Waals surface area contributed by atoms with E-state index in [4.69, 9.17) is 5.73 Å². The Morgan fingerprint density at radius 1 is 1.62 bits per heavy atom. The SMILES string of the molecule is CCSCC(N)Cc1ccc(Br)s1. The van der Waals surface area contributed by atoms with E-state index >= 15 is 0 Å². The van der Waals surface area contributed by atoms with Gasteiger partial charge in [0, 0.05) is 16.7 Å². The van der Waals surface area contributed by atoms with Crippen molar-refractivity contribution in [1.29, 1.82) is 0 Å². The molecule has 0 aromatic carbocycles. The molecule has 0 saturated heterocycles. The fraction of sp³-hybridized carbons (Fsp3) is 0.556. The van der Waals surface area contributed by atoms with E-state index in [-0.39, 0.29) is 0 Å². The van der Waals surface area contributed by atoms with E-state index in [2.05, 4.69) is 35.0 Å². The van der Waals surface area contributed by atoms with Crippen LogP contribution in [0.5, 0.6) is 0 Å². The number of halogens is 1. The summed E-state index contributed by atoms with van der Waals surface area (Å²) in [6.45, 7) is 2.17. The van der Waals surface area contributed by atoms with Crippen LogP contribution in [0.3, 0.4) is 0 Å². The summed E-state index contributed by atoms with van der Waals surface area (Å²) in [5.74, 6) is 2.22. The molecule has 0 radical (unpaired) electrons. The van der Waals surface area contributed by atoms with Gasteiger partial charge in [-0.3, -0.25) is 0 Å². The van der Waals surface area contributed by atoms with E-state index in [1.54, 1.807) is 11.3 Å². The van der Waals surface area contributed by atoms with Crippen LogP contribution in [-0.4, -0.2) is 17.5 Å². The Morgan fingerprint density at radius 3 is 2.92 bits per heavy atom. The van der Waals surface area contributed by atoms with Gasteiger partial charge < -0.3 is 5.73 Å². The Kier molecular flexibility index (Phi) is 5.39. The average Bonchev–Trinajstić information content (AvgIpc) is 2.48. The third-order valence-electron chi connectivity index (χ3n) is 1.63. The van der Waals surface area contributed by atoms with Crippen LogP contribution in [0.4, 0.5) is 0 Å². The molecule has 1 heterocycles. The van der Waals surface area contributed by atoms with Gasteiger partial charge in [-0.05, 0) is 40.2 Å². The second-order valence-corrected chi connectivity index (χ2v) is 6.70. The summed E-state index contributed by atoms with van der Waals surface area (Å²) in [7, 11) is 0. The predicted molar refractivity (Wildman–Crippen MR) is 66.7 cm³/mol. The molecular weight excluding hydrogens is 266 g/mol. The van der Waals surface area contributed by atoms with Crippen molar-refractivity contribution >= 4 is 39.0 Å². The molecule has 0 saturated carbocycles. The molecule has 1 atom stereocenters. The number of rotatable bonds is 5. The van der Waals surface area contributed by atoms with E-state index in [9.17, 15) is 0 Å². The summed E-state index contributed by atoms with van der Waals surface area (Å²) in [6, 6.07) is 4.53. The molecule has 4 heteroatoms. The smallest absolute Gasteiger partial charge is 0.0701 e. The highest BCUT2D eigenvalue weighted by atomic mass is 79.9. The third-order valence-corrected chi connectivity index (χ3v) is 4.35. The highest BCUT2D eigenvalue weighted by molar-refractivity contribution is 9.11. The molecule has 1 unspecified atom stereocenters. The van der Waals surface area contributed by atoms with Crippen molar-refractivity contribution < 1.29 is 0 Å². The van der Waals surface area contributed by atoms with E-state index < -0.39 is 0 Å². The first kappa shape index (κ1) is 11.6. The molecule has 0 aliphatic carbocycles. The highest BCUT2D eigenvalue weighted by Crippen LogP contribution is 2.23. The molecule has 2 N–H and O–H groups in total. The van der Waals surface area contributed by atoms with Crippen molar-refractivity contribution in [2.75, 3.05) is 11.5 Å². The summed E-state index contributed by atoms with van der Waals surface area (Å²) in [5, 5.41) is 0. The average molecular weight is 280 g/mol. The zero-order valence-corrected chi connectivity index (χ0v) is 10.8. The molecule has 1 aromatic rings. The van der Waals surface area contributed by atoms with E-state index in [0.29, 0.717) is 6.04 Å². The first-order valence-electron chi connectivity index (χ1n) is 4.30. The quantitative estimate of drug-likeness (QED) is 0.896. The van der Waals surface area contributed by atoms with Crippen molar-refractivity contribution in [3.05, 3.63) is 20.8 Å². The first-order chi connectivity index (χ1) is 6.22. The maximum absolute atomic E-state index is 5.97. The van der Waals surface area contributed by atoms with Gasteiger partial charge in [0.15, 0.2) is 0 Å². The second-order valence-electron chi connectivity index (χ2n) is 2.83. The largest absolute Gasteiger partial charge is 0.327 e. The lowest BCUT2D eigenvalue weighted by Crippen LogP contribution is -2.25.